The minimum Gasteiger partial charge on any atom is -0.327 e. The van der Waals surface area contributed by atoms with E-state index in [1.54, 1.807) is 0 Å². The second-order valence-corrected chi connectivity index (χ2v) is 23.9. The zero-order valence-electron chi connectivity index (χ0n) is 51.6. The molecule has 0 aliphatic heterocycles. The third-order valence-electron chi connectivity index (χ3n) is 18.6. The molecule has 18 aromatic rings. The molecule has 0 saturated heterocycles. The zero-order chi connectivity index (χ0) is 62.8. The molecule has 0 bridgehead atoms. The predicted molar refractivity (Wildman–Crippen MR) is 385 cm³/mol. The molecule has 9 heterocycles. The van der Waals surface area contributed by atoms with Gasteiger partial charge in [0.15, 0.2) is 0 Å². The van der Waals surface area contributed by atoms with Gasteiger partial charge >= 0.3 is 20.1 Å². The quantitative estimate of drug-likeness (QED) is 0.107. The van der Waals surface area contributed by atoms with Gasteiger partial charge in [-0.25, -0.2) is 0 Å². The number of aromatic nitrogens is 9. The van der Waals surface area contributed by atoms with Crippen molar-refractivity contribution in [3.8, 4) is 95.3 Å². The standard InChI is InChI=1S/C86H54N9.Ir/c1-3-19-65(70-36-34-59(76-25-12-15-42-91-76)51-85(70)94-79-28-9-6-22-68(79)73-54-88-45-39-82(73)94)63(17-1)61-47-56(30-31-57-32-33-58(75-24-11-14-41-90-75)50-84(57)93-78-27-8-5-21-67(78)72-53-87-44-38-81(72)93)48-62(49-61)64-18-2-4-20-66(64)71-37-35-60(77-26-13-16-43-92-77)52-86(71)95-80-29-10-7-23-69(80)74-55-89-46-40-83(74)95;/h1-29,32,36-55H,30-31H2;/q-3;+3. The molecule has 9 nitrogen and oxygen atoms in total. The summed E-state index contributed by atoms with van der Waals surface area (Å²) in [5, 5.41) is 6.66. The molecular formula is C86H54IrN9. The summed E-state index contributed by atoms with van der Waals surface area (Å²) in [7, 11) is 0. The van der Waals surface area contributed by atoms with Crippen LogP contribution in [0.3, 0.4) is 0 Å². The molecule has 0 aliphatic rings. The Hall–Kier alpha value is -12.1. The zero-order valence-corrected chi connectivity index (χ0v) is 54.0. The van der Waals surface area contributed by atoms with Gasteiger partial charge in [-0.3, -0.25) is 15.0 Å². The maximum Gasteiger partial charge on any atom is 3.00 e. The Morgan fingerprint density at radius 3 is 1.05 bits per heavy atom. The topological polar surface area (TPSA) is 92.1 Å². The molecule has 0 spiro atoms. The maximum atomic E-state index is 4.84. The summed E-state index contributed by atoms with van der Waals surface area (Å²) in [5.74, 6) is 0. The Bertz CT molecular complexity index is 5570. The summed E-state index contributed by atoms with van der Waals surface area (Å²) < 4.78 is 7.18. The molecule has 452 valence electrons. The largest absolute Gasteiger partial charge is 3.00 e. The van der Waals surface area contributed by atoms with Gasteiger partial charge < -0.3 is 28.7 Å². The third-order valence-corrected chi connectivity index (χ3v) is 18.6. The molecule has 9 aromatic heterocycles. The SMILES string of the molecule is [Ir+3].[c-]1cc(CCc2cc(-c3ccccc3-c3c[c-]c(-c4ccccn4)cc3-n3c4ccccc4c4cnccc43)cc(-c3ccccc3-c3c[c-]c(-c4ccccn4)cc3-n3c4ccccc4c4cnccc43)c2)c(-n2c3ccccc3c3cnccc32)cc1-c1ccccn1. The van der Waals surface area contributed by atoms with E-state index in [1.165, 1.54) is 5.56 Å². The predicted octanol–water partition coefficient (Wildman–Crippen LogP) is 20.2. The molecular weight excluding hydrogens is 1350 g/mol. The number of rotatable bonds is 13. The number of hydrogen-bond acceptors (Lipinski definition) is 6. The van der Waals surface area contributed by atoms with Crippen LogP contribution in [0.4, 0.5) is 0 Å². The van der Waals surface area contributed by atoms with Gasteiger partial charge in [0.1, 0.15) is 0 Å². The van der Waals surface area contributed by atoms with Gasteiger partial charge in [0, 0.05) is 88.1 Å². The molecule has 10 heteroatoms. The van der Waals surface area contributed by atoms with Crippen LogP contribution >= 0.6 is 0 Å². The van der Waals surface area contributed by atoms with E-state index in [2.05, 4.69) is 259 Å². The van der Waals surface area contributed by atoms with E-state index < -0.39 is 0 Å². The van der Waals surface area contributed by atoms with Crippen LogP contribution in [-0.2, 0) is 32.9 Å². The van der Waals surface area contributed by atoms with E-state index in [0.717, 1.165) is 166 Å². The monoisotopic (exact) mass is 1410 g/mol. The Morgan fingerprint density at radius 1 is 0.281 bits per heavy atom. The first-order chi connectivity index (χ1) is 47.1. The molecule has 0 amide bonds. The molecule has 0 fully saturated rings. The number of aryl methyl sites for hydroxylation is 2. The Morgan fingerprint density at radius 2 is 0.635 bits per heavy atom. The average molecular weight is 1410 g/mol. The minimum absolute atomic E-state index is 0. The molecule has 0 unspecified atom stereocenters. The van der Waals surface area contributed by atoms with Gasteiger partial charge in [-0.05, 0) is 129 Å². The van der Waals surface area contributed by atoms with Crippen molar-refractivity contribution in [2.45, 2.75) is 12.8 Å². The van der Waals surface area contributed by atoms with Gasteiger partial charge in [0.25, 0.3) is 0 Å². The number of benzene rings is 9. The second-order valence-electron chi connectivity index (χ2n) is 23.9. The Labute approximate surface area is 567 Å². The Balaban J connectivity index is 0.00000697. The van der Waals surface area contributed by atoms with Gasteiger partial charge in [-0.2, -0.15) is 0 Å². The smallest absolute Gasteiger partial charge is 0.327 e. The van der Waals surface area contributed by atoms with Crippen LogP contribution in [0.5, 0.6) is 0 Å². The van der Waals surface area contributed by atoms with Crippen molar-refractivity contribution in [2.24, 2.45) is 0 Å². The molecule has 0 radical (unpaired) electrons. The van der Waals surface area contributed by atoms with Crippen molar-refractivity contribution >= 4 is 65.4 Å². The number of fused-ring (bicyclic) bond motifs is 9. The van der Waals surface area contributed by atoms with Crippen LogP contribution < -0.4 is 0 Å². The minimum atomic E-state index is 0. The molecule has 96 heavy (non-hydrogen) atoms. The van der Waals surface area contributed by atoms with Crippen LogP contribution in [0.2, 0.25) is 0 Å². The van der Waals surface area contributed by atoms with Gasteiger partial charge in [-0.1, -0.05) is 180 Å². The van der Waals surface area contributed by atoms with Crippen molar-refractivity contribution in [1.29, 1.82) is 0 Å². The number of hydrogen-bond donors (Lipinski definition) is 0. The molecule has 0 atom stereocenters. The van der Waals surface area contributed by atoms with E-state index in [4.69, 9.17) is 15.0 Å². The summed E-state index contributed by atoms with van der Waals surface area (Å²) in [5.41, 5.74) is 25.6. The molecule has 9 aromatic carbocycles. The summed E-state index contributed by atoms with van der Waals surface area (Å²) in [4.78, 5) is 28.4. The van der Waals surface area contributed by atoms with Crippen LogP contribution in [0.15, 0.2) is 304 Å². The van der Waals surface area contributed by atoms with Crippen LogP contribution in [0.25, 0.3) is 161 Å². The fraction of sp³-hybridized carbons (Fsp3) is 0.0233. The molecule has 18 rings (SSSR count). The van der Waals surface area contributed by atoms with Crippen molar-refractivity contribution in [3.63, 3.8) is 0 Å². The first-order valence-corrected chi connectivity index (χ1v) is 31.9. The van der Waals surface area contributed by atoms with E-state index >= 15 is 0 Å². The second kappa shape index (κ2) is 24.4. The molecule has 0 saturated carbocycles. The average Bonchev–Trinajstić information content (AvgIpc) is 1.65. The van der Waals surface area contributed by atoms with E-state index in [-0.39, 0.29) is 20.1 Å². The van der Waals surface area contributed by atoms with E-state index in [9.17, 15) is 0 Å². The van der Waals surface area contributed by atoms with Crippen molar-refractivity contribution in [1.82, 2.24) is 43.6 Å². The normalized spacial score (nSPS) is 11.5. The summed E-state index contributed by atoms with van der Waals surface area (Å²) in [6.45, 7) is 0. The Kier molecular flexibility index (Phi) is 14.7. The van der Waals surface area contributed by atoms with Gasteiger partial charge in [0.2, 0.25) is 0 Å². The van der Waals surface area contributed by atoms with Gasteiger partial charge in [0.05, 0.1) is 33.1 Å². The number of para-hydroxylation sites is 3. The van der Waals surface area contributed by atoms with E-state index in [1.807, 2.05) is 92.2 Å². The first-order valence-electron chi connectivity index (χ1n) is 31.9. The van der Waals surface area contributed by atoms with Gasteiger partial charge in [-0.15, -0.1) is 76.9 Å². The molecule has 0 N–H and O–H groups in total. The summed E-state index contributed by atoms with van der Waals surface area (Å²) >= 11 is 0. The fourth-order valence-electron chi connectivity index (χ4n) is 14.3. The first kappa shape index (κ1) is 57.8. The van der Waals surface area contributed by atoms with E-state index in [0.29, 0.717) is 12.8 Å². The third kappa shape index (κ3) is 9.98. The van der Waals surface area contributed by atoms with Crippen LogP contribution in [-0.4, -0.2) is 43.6 Å². The maximum absolute atomic E-state index is 4.84. The summed E-state index contributed by atoms with van der Waals surface area (Å²) in [6.07, 6.45) is 18.5. The number of nitrogens with zero attached hydrogens (tertiary/aromatic N) is 9. The number of pyridine rings is 6. The van der Waals surface area contributed by atoms with Crippen LogP contribution in [0, 0.1) is 18.2 Å². The van der Waals surface area contributed by atoms with Crippen molar-refractivity contribution in [3.05, 3.63) is 334 Å². The van der Waals surface area contributed by atoms with Crippen molar-refractivity contribution < 1.29 is 20.1 Å². The summed E-state index contributed by atoms with van der Waals surface area (Å²) in [6, 6.07) is 99.7. The van der Waals surface area contributed by atoms with Crippen molar-refractivity contribution in [2.75, 3.05) is 0 Å². The molecule has 0 aliphatic carbocycles. The fourth-order valence-corrected chi connectivity index (χ4v) is 14.3. The van der Waals surface area contributed by atoms with Crippen LogP contribution in [0.1, 0.15) is 11.1 Å².